The number of nitrogens with two attached hydrogens (primary N) is 1. The van der Waals surface area contributed by atoms with E-state index >= 15 is 0 Å². The van der Waals surface area contributed by atoms with Gasteiger partial charge >= 0.3 is 0 Å². The van der Waals surface area contributed by atoms with Crippen LogP contribution in [-0.4, -0.2) is 29.0 Å². The minimum atomic E-state index is -0.513. The predicted octanol–water partition coefficient (Wildman–Crippen LogP) is 2.65. The van der Waals surface area contributed by atoms with E-state index in [9.17, 15) is 9.90 Å². The van der Waals surface area contributed by atoms with E-state index in [2.05, 4.69) is 11.8 Å². The molecule has 3 N–H and O–H groups in total. The molecule has 0 saturated heterocycles. The van der Waals surface area contributed by atoms with Crippen molar-refractivity contribution in [3.63, 3.8) is 0 Å². The highest BCUT2D eigenvalue weighted by Crippen LogP contribution is 2.16. The highest BCUT2D eigenvalue weighted by molar-refractivity contribution is 5.92. The van der Waals surface area contributed by atoms with Crippen LogP contribution < -0.4 is 5.73 Å². The number of carbonyl (C=O) groups is 1. The van der Waals surface area contributed by atoms with Crippen LogP contribution in [0.15, 0.2) is 48.5 Å². The van der Waals surface area contributed by atoms with Crippen molar-refractivity contribution >= 4 is 5.91 Å². The quantitative estimate of drug-likeness (QED) is 0.826. The molecular weight excluding hydrogens is 288 g/mol. The Morgan fingerprint density at radius 1 is 1.13 bits per heavy atom. The average Bonchev–Trinajstić information content (AvgIpc) is 2.55. The number of aliphatic hydroxyl groups excluding tert-OH is 1. The molecule has 0 aliphatic rings. The van der Waals surface area contributed by atoms with E-state index in [1.54, 1.807) is 12.1 Å². The second kappa shape index (κ2) is 7.90. The summed E-state index contributed by atoms with van der Waals surface area (Å²) in [6.45, 7) is 6.22. The molecule has 2 aromatic rings. The molecule has 0 aromatic heterocycles. The van der Waals surface area contributed by atoms with Gasteiger partial charge in [0.05, 0.1) is 6.10 Å². The van der Waals surface area contributed by atoms with Gasteiger partial charge in [-0.25, -0.2) is 0 Å². The number of carbonyl (C=O) groups excluding carboxylic acids is 1. The molecule has 1 amide bonds. The molecule has 0 radical (unpaired) electrons. The van der Waals surface area contributed by atoms with Gasteiger partial charge in [-0.1, -0.05) is 48.9 Å². The lowest BCUT2D eigenvalue weighted by molar-refractivity contribution is 0.100. The van der Waals surface area contributed by atoms with Crippen molar-refractivity contribution in [1.82, 2.24) is 4.90 Å². The first kappa shape index (κ1) is 17.2. The summed E-state index contributed by atoms with van der Waals surface area (Å²) >= 11 is 0. The summed E-state index contributed by atoms with van der Waals surface area (Å²) in [5.41, 5.74) is 8.96. The van der Waals surface area contributed by atoms with Gasteiger partial charge in [-0.05, 0) is 36.7 Å². The molecule has 4 nitrogen and oxygen atoms in total. The molecule has 0 heterocycles. The Bertz CT molecular complexity index is 635. The summed E-state index contributed by atoms with van der Waals surface area (Å²) in [5.74, 6) is -0.418. The van der Waals surface area contributed by atoms with Crippen molar-refractivity contribution in [2.45, 2.75) is 26.5 Å². The molecule has 0 spiro atoms. The van der Waals surface area contributed by atoms with Crippen molar-refractivity contribution in [3.05, 3.63) is 70.8 Å². The van der Waals surface area contributed by atoms with E-state index < -0.39 is 12.0 Å². The maximum absolute atomic E-state index is 11.1. The molecule has 0 aliphatic heterocycles. The van der Waals surface area contributed by atoms with Crippen LogP contribution in [0, 0.1) is 6.92 Å². The molecule has 4 heteroatoms. The van der Waals surface area contributed by atoms with Crippen molar-refractivity contribution < 1.29 is 9.90 Å². The number of hydrogen-bond donors (Lipinski definition) is 2. The minimum Gasteiger partial charge on any atom is -0.387 e. The Morgan fingerprint density at radius 2 is 1.74 bits per heavy atom. The standard InChI is InChI=1S/C19H24N2O2/c1-3-21(12-15-6-10-17(11-7-15)19(20)23)13-18(22)16-8-4-14(2)5-9-16/h4-11,18,22H,3,12-13H2,1-2H3,(H2,20,23). The normalized spacial score (nSPS) is 12.3. The summed E-state index contributed by atoms with van der Waals surface area (Å²) in [4.78, 5) is 13.3. The van der Waals surface area contributed by atoms with Gasteiger partial charge in [-0.2, -0.15) is 0 Å². The largest absolute Gasteiger partial charge is 0.387 e. The van der Waals surface area contributed by atoms with E-state index in [4.69, 9.17) is 5.73 Å². The summed E-state index contributed by atoms with van der Waals surface area (Å²) in [6.07, 6.45) is -0.513. The Kier molecular flexibility index (Phi) is 5.90. The maximum atomic E-state index is 11.1. The average molecular weight is 312 g/mol. The zero-order valence-corrected chi connectivity index (χ0v) is 13.7. The van der Waals surface area contributed by atoms with Crippen molar-refractivity contribution in [1.29, 1.82) is 0 Å². The smallest absolute Gasteiger partial charge is 0.248 e. The molecule has 0 aliphatic carbocycles. The number of hydrogen-bond acceptors (Lipinski definition) is 3. The van der Waals surface area contributed by atoms with Crippen LogP contribution in [0.1, 0.15) is 40.1 Å². The van der Waals surface area contributed by atoms with Crippen molar-refractivity contribution in [3.8, 4) is 0 Å². The highest BCUT2D eigenvalue weighted by atomic mass is 16.3. The fourth-order valence-corrected chi connectivity index (χ4v) is 2.48. The van der Waals surface area contributed by atoms with Crippen molar-refractivity contribution in [2.24, 2.45) is 5.73 Å². The molecule has 0 bridgehead atoms. The third kappa shape index (κ3) is 4.91. The number of likely N-dealkylation sites (N-methyl/N-ethyl adjacent to an activating group) is 1. The molecule has 122 valence electrons. The van der Waals surface area contributed by atoms with Gasteiger partial charge in [0, 0.05) is 18.7 Å². The van der Waals surface area contributed by atoms with E-state index in [1.807, 2.05) is 43.3 Å². The van der Waals surface area contributed by atoms with Gasteiger partial charge in [0.2, 0.25) is 5.91 Å². The first-order chi connectivity index (χ1) is 11.0. The highest BCUT2D eigenvalue weighted by Gasteiger charge is 2.13. The summed E-state index contributed by atoms with van der Waals surface area (Å²) in [7, 11) is 0. The van der Waals surface area contributed by atoms with Gasteiger partial charge in [-0.15, -0.1) is 0 Å². The first-order valence-corrected chi connectivity index (χ1v) is 7.85. The molecule has 1 unspecified atom stereocenters. The Hall–Kier alpha value is -2.17. The second-order valence-electron chi connectivity index (χ2n) is 5.82. The predicted molar refractivity (Wildman–Crippen MR) is 92.0 cm³/mol. The van der Waals surface area contributed by atoms with Crippen LogP contribution in [-0.2, 0) is 6.54 Å². The van der Waals surface area contributed by atoms with Crippen LogP contribution in [0.3, 0.4) is 0 Å². The zero-order valence-electron chi connectivity index (χ0n) is 13.7. The third-order valence-electron chi connectivity index (χ3n) is 3.99. The minimum absolute atomic E-state index is 0.418. The molecule has 2 aromatic carbocycles. The monoisotopic (exact) mass is 312 g/mol. The molecular formula is C19H24N2O2. The first-order valence-electron chi connectivity index (χ1n) is 7.85. The number of primary amides is 1. The van der Waals surface area contributed by atoms with Crippen LogP contribution >= 0.6 is 0 Å². The number of rotatable bonds is 7. The molecule has 23 heavy (non-hydrogen) atoms. The third-order valence-corrected chi connectivity index (χ3v) is 3.99. The fourth-order valence-electron chi connectivity index (χ4n) is 2.48. The Morgan fingerprint density at radius 3 is 2.26 bits per heavy atom. The second-order valence-corrected chi connectivity index (χ2v) is 5.82. The molecule has 0 fully saturated rings. The van der Waals surface area contributed by atoms with Crippen molar-refractivity contribution in [2.75, 3.05) is 13.1 Å². The Balaban J connectivity index is 1.99. The summed E-state index contributed by atoms with van der Waals surface area (Å²) in [6, 6.07) is 15.2. The number of aryl methyl sites for hydroxylation is 1. The summed E-state index contributed by atoms with van der Waals surface area (Å²) < 4.78 is 0. The molecule has 2 rings (SSSR count). The van der Waals surface area contributed by atoms with Crippen LogP contribution in [0.4, 0.5) is 0 Å². The van der Waals surface area contributed by atoms with Crippen LogP contribution in [0.5, 0.6) is 0 Å². The number of benzene rings is 2. The van der Waals surface area contributed by atoms with Crippen LogP contribution in [0.2, 0.25) is 0 Å². The molecule has 1 atom stereocenters. The van der Waals surface area contributed by atoms with Gasteiger partial charge in [0.25, 0.3) is 0 Å². The maximum Gasteiger partial charge on any atom is 0.248 e. The van der Waals surface area contributed by atoms with E-state index in [-0.39, 0.29) is 0 Å². The summed E-state index contributed by atoms with van der Waals surface area (Å²) in [5, 5.41) is 10.4. The molecule has 0 saturated carbocycles. The van der Waals surface area contributed by atoms with E-state index in [0.29, 0.717) is 12.1 Å². The van der Waals surface area contributed by atoms with E-state index in [1.165, 1.54) is 5.56 Å². The SMILES string of the molecule is CCN(Cc1ccc(C(N)=O)cc1)CC(O)c1ccc(C)cc1. The lowest BCUT2D eigenvalue weighted by atomic mass is 10.1. The van der Waals surface area contributed by atoms with Gasteiger partial charge in [0.1, 0.15) is 0 Å². The lowest BCUT2D eigenvalue weighted by Gasteiger charge is -2.24. The van der Waals surface area contributed by atoms with E-state index in [0.717, 1.165) is 24.2 Å². The zero-order chi connectivity index (χ0) is 16.8. The number of amides is 1. The van der Waals surface area contributed by atoms with Gasteiger partial charge in [0.15, 0.2) is 0 Å². The fraction of sp³-hybridized carbons (Fsp3) is 0.316. The van der Waals surface area contributed by atoms with Gasteiger partial charge < -0.3 is 10.8 Å². The number of nitrogens with zero attached hydrogens (tertiary/aromatic N) is 1. The Labute approximate surface area is 137 Å². The number of aliphatic hydroxyl groups is 1. The van der Waals surface area contributed by atoms with Crippen LogP contribution in [0.25, 0.3) is 0 Å². The topological polar surface area (TPSA) is 66.6 Å². The van der Waals surface area contributed by atoms with Gasteiger partial charge in [-0.3, -0.25) is 9.69 Å². The lowest BCUT2D eigenvalue weighted by Crippen LogP contribution is -2.28.